The molecule has 5 nitrogen and oxygen atoms in total. The minimum atomic E-state index is 0.897. The van der Waals surface area contributed by atoms with E-state index in [0.717, 1.165) is 58.9 Å². The zero-order valence-electron chi connectivity index (χ0n) is 16.0. The maximum absolute atomic E-state index is 5.42. The van der Waals surface area contributed by atoms with E-state index in [1.807, 2.05) is 7.05 Å². The summed E-state index contributed by atoms with van der Waals surface area (Å²) in [6, 6.07) is 0. The maximum Gasteiger partial charge on any atom is 0.123 e. The molecule has 0 spiro atoms. The van der Waals surface area contributed by atoms with Crippen LogP contribution in [0.1, 0.15) is 33.1 Å². The lowest BCUT2D eigenvalue weighted by molar-refractivity contribution is 0.0315. The largest absolute Gasteiger partial charge is 0.379 e. The summed E-state index contributed by atoms with van der Waals surface area (Å²) in [6.45, 7) is 15.3. The number of nitrogens with zero attached hydrogens (tertiary/aromatic N) is 4. The van der Waals surface area contributed by atoms with Gasteiger partial charge in [-0.1, -0.05) is 25.8 Å². The van der Waals surface area contributed by atoms with Crippen molar-refractivity contribution in [2.75, 3.05) is 72.6 Å². The first kappa shape index (κ1) is 19.4. The van der Waals surface area contributed by atoms with Gasteiger partial charge in [0.05, 0.1) is 13.2 Å². The SMILES string of the molecule is CCC/C(=C/C(=NC)N1CCN(CCN2CCOCC2)CC1)CC. The van der Waals surface area contributed by atoms with Crippen molar-refractivity contribution in [2.24, 2.45) is 4.99 Å². The van der Waals surface area contributed by atoms with Gasteiger partial charge in [0.15, 0.2) is 0 Å². The molecular weight excluding hydrogens is 300 g/mol. The van der Waals surface area contributed by atoms with Crippen LogP contribution in [0.4, 0.5) is 0 Å². The van der Waals surface area contributed by atoms with Gasteiger partial charge in [0, 0.05) is 59.4 Å². The summed E-state index contributed by atoms with van der Waals surface area (Å²) in [5.74, 6) is 1.17. The van der Waals surface area contributed by atoms with Gasteiger partial charge in [-0.3, -0.25) is 14.8 Å². The monoisotopic (exact) mass is 336 g/mol. The Kier molecular flexibility index (Phi) is 8.78. The molecule has 0 atom stereocenters. The van der Waals surface area contributed by atoms with Gasteiger partial charge in [-0.15, -0.1) is 0 Å². The van der Waals surface area contributed by atoms with E-state index in [4.69, 9.17) is 4.74 Å². The molecule has 2 fully saturated rings. The Hall–Kier alpha value is -0.910. The van der Waals surface area contributed by atoms with Gasteiger partial charge in [-0.05, 0) is 18.9 Å². The van der Waals surface area contributed by atoms with Crippen LogP contribution in [0.25, 0.3) is 0 Å². The highest BCUT2D eigenvalue weighted by atomic mass is 16.5. The summed E-state index contributed by atoms with van der Waals surface area (Å²) in [6.07, 6.45) is 5.86. The zero-order chi connectivity index (χ0) is 17.2. The molecule has 0 N–H and O–H groups in total. The topological polar surface area (TPSA) is 31.3 Å². The lowest BCUT2D eigenvalue weighted by Gasteiger charge is -2.37. The van der Waals surface area contributed by atoms with Crippen LogP contribution < -0.4 is 0 Å². The summed E-state index contributed by atoms with van der Waals surface area (Å²) >= 11 is 0. The number of ether oxygens (including phenoxy) is 1. The molecule has 2 aliphatic rings. The van der Waals surface area contributed by atoms with E-state index < -0.39 is 0 Å². The number of aliphatic imine (C=N–C) groups is 1. The van der Waals surface area contributed by atoms with Crippen LogP contribution in [0.15, 0.2) is 16.6 Å². The maximum atomic E-state index is 5.42. The van der Waals surface area contributed by atoms with Gasteiger partial charge in [0.2, 0.25) is 0 Å². The van der Waals surface area contributed by atoms with Crippen molar-refractivity contribution in [2.45, 2.75) is 33.1 Å². The fourth-order valence-corrected chi connectivity index (χ4v) is 3.46. The second kappa shape index (κ2) is 10.9. The van der Waals surface area contributed by atoms with Crippen LogP contribution in [-0.2, 0) is 4.74 Å². The van der Waals surface area contributed by atoms with Crippen molar-refractivity contribution >= 4 is 5.84 Å². The molecule has 0 aromatic rings. The first-order valence-corrected chi connectivity index (χ1v) is 9.70. The van der Waals surface area contributed by atoms with Crippen LogP contribution in [0.3, 0.4) is 0 Å². The van der Waals surface area contributed by atoms with Gasteiger partial charge < -0.3 is 9.64 Å². The standard InChI is InChI=1S/C19H36N4O/c1-4-6-18(5-2)17-19(20-3)23-11-9-21(10-12-23)7-8-22-13-15-24-16-14-22/h17H,4-16H2,1-3H3/b18-17+,20-19?. The van der Waals surface area contributed by atoms with E-state index in [9.17, 15) is 0 Å². The van der Waals surface area contributed by atoms with Crippen LogP contribution >= 0.6 is 0 Å². The number of morpholine rings is 1. The predicted molar refractivity (Wildman–Crippen MR) is 102 cm³/mol. The minimum Gasteiger partial charge on any atom is -0.379 e. The number of allylic oxidation sites excluding steroid dienone is 1. The molecule has 24 heavy (non-hydrogen) atoms. The number of hydrogen-bond donors (Lipinski definition) is 0. The van der Waals surface area contributed by atoms with Crippen molar-refractivity contribution < 1.29 is 4.74 Å². The Balaban J connectivity index is 1.76. The molecule has 2 aliphatic heterocycles. The van der Waals surface area contributed by atoms with Gasteiger partial charge in [-0.25, -0.2) is 0 Å². The number of rotatable bonds is 7. The lowest BCUT2D eigenvalue weighted by Crippen LogP contribution is -2.50. The highest BCUT2D eigenvalue weighted by Crippen LogP contribution is 2.12. The summed E-state index contributed by atoms with van der Waals surface area (Å²) in [4.78, 5) is 12.1. The number of piperazine rings is 1. The Morgan fingerprint density at radius 1 is 0.958 bits per heavy atom. The van der Waals surface area contributed by atoms with E-state index in [2.05, 4.69) is 39.6 Å². The molecule has 0 radical (unpaired) electrons. The van der Waals surface area contributed by atoms with Crippen LogP contribution in [0, 0.1) is 0 Å². The molecule has 0 amide bonds. The third-order valence-electron chi connectivity index (χ3n) is 5.12. The molecule has 0 saturated carbocycles. The van der Waals surface area contributed by atoms with Crippen molar-refractivity contribution in [3.05, 3.63) is 11.6 Å². The summed E-state index contributed by atoms with van der Waals surface area (Å²) < 4.78 is 5.42. The molecule has 0 bridgehead atoms. The van der Waals surface area contributed by atoms with Crippen LogP contribution in [-0.4, -0.2) is 93.2 Å². The number of hydrogen-bond acceptors (Lipinski definition) is 4. The molecule has 2 saturated heterocycles. The highest BCUT2D eigenvalue weighted by molar-refractivity contribution is 5.93. The van der Waals surface area contributed by atoms with Crippen LogP contribution in [0.5, 0.6) is 0 Å². The minimum absolute atomic E-state index is 0.897. The summed E-state index contributed by atoms with van der Waals surface area (Å²) in [7, 11) is 1.93. The predicted octanol–water partition coefficient (Wildman–Crippen LogP) is 2.10. The van der Waals surface area contributed by atoms with Crippen molar-refractivity contribution in [1.29, 1.82) is 0 Å². The molecule has 0 unspecified atom stereocenters. The molecule has 0 aliphatic carbocycles. The Bertz CT molecular complexity index is 408. The fraction of sp³-hybridized carbons (Fsp3) is 0.842. The Morgan fingerprint density at radius 2 is 1.58 bits per heavy atom. The molecule has 2 heterocycles. The second-order valence-electron chi connectivity index (χ2n) is 6.77. The molecule has 0 aromatic carbocycles. The summed E-state index contributed by atoms with van der Waals surface area (Å²) in [5, 5.41) is 0. The Labute approximate surface area is 148 Å². The molecule has 2 rings (SSSR count). The van der Waals surface area contributed by atoms with Crippen molar-refractivity contribution in [3.8, 4) is 0 Å². The quantitative estimate of drug-likeness (QED) is 0.526. The van der Waals surface area contributed by atoms with E-state index in [1.54, 1.807) is 0 Å². The van der Waals surface area contributed by atoms with E-state index >= 15 is 0 Å². The van der Waals surface area contributed by atoms with Gasteiger partial charge in [0.1, 0.15) is 5.84 Å². The molecule has 0 aromatic heterocycles. The van der Waals surface area contributed by atoms with Gasteiger partial charge in [0.25, 0.3) is 0 Å². The van der Waals surface area contributed by atoms with Crippen molar-refractivity contribution in [3.63, 3.8) is 0 Å². The summed E-state index contributed by atoms with van der Waals surface area (Å²) in [5.41, 5.74) is 1.52. The van der Waals surface area contributed by atoms with Gasteiger partial charge in [-0.2, -0.15) is 0 Å². The third kappa shape index (κ3) is 6.19. The van der Waals surface area contributed by atoms with Crippen molar-refractivity contribution in [1.82, 2.24) is 14.7 Å². The molecule has 5 heteroatoms. The smallest absolute Gasteiger partial charge is 0.123 e. The normalized spacial score (nSPS) is 22.2. The average molecular weight is 337 g/mol. The first-order chi connectivity index (χ1) is 11.8. The first-order valence-electron chi connectivity index (χ1n) is 9.70. The number of amidine groups is 1. The fourth-order valence-electron chi connectivity index (χ4n) is 3.46. The molecular formula is C19H36N4O. The van der Waals surface area contributed by atoms with Gasteiger partial charge >= 0.3 is 0 Å². The highest BCUT2D eigenvalue weighted by Gasteiger charge is 2.19. The van der Waals surface area contributed by atoms with E-state index in [1.165, 1.54) is 37.3 Å². The van der Waals surface area contributed by atoms with Crippen LogP contribution in [0.2, 0.25) is 0 Å². The molecule has 138 valence electrons. The average Bonchev–Trinajstić information content (AvgIpc) is 2.65. The Morgan fingerprint density at radius 3 is 2.12 bits per heavy atom. The third-order valence-corrected chi connectivity index (χ3v) is 5.12. The zero-order valence-corrected chi connectivity index (χ0v) is 16.0. The second-order valence-corrected chi connectivity index (χ2v) is 6.77. The van der Waals surface area contributed by atoms with E-state index in [-0.39, 0.29) is 0 Å². The van der Waals surface area contributed by atoms with E-state index in [0.29, 0.717) is 0 Å². The lowest BCUT2D eigenvalue weighted by atomic mass is 10.1.